The lowest BCUT2D eigenvalue weighted by Gasteiger charge is -2.11. The van der Waals surface area contributed by atoms with Crippen LogP contribution in [-0.4, -0.2) is 24.9 Å². The van der Waals surface area contributed by atoms with Gasteiger partial charge in [0.05, 0.1) is 19.8 Å². The van der Waals surface area contributed by atoms with Crippen molar-refractivity contribution in [3.63, 3.8) is 0 Å². The Labute approximate surface area is 104 Å². The number of rotatable bonds is 4. The van der Waals surface area contributed by atoms with Crippen LogP contribution in [0, 0.1) is 5.92 Å². The molecule has 0 aliphatic carbocycles. The van der Waals surface area contributed by atoms with Crippen LogP contribution in [0.15, 0.2) is 22.7 Å². The predicted octanol–water partition coefficient (Wildman–Crippen LogP) is 2.36. The van der Waals surface area contributed by atoms with Crippen LogP contribution in [0.3, 0.4) is 0 Å². The van der Waals surface area contributed by atoms with Gasteiger partial charge in [-0.25, -0.2) is 0 Å². The molecule has 0 saturated carbocycles. The topological polar surface area (TPSA) is 38.7 Å². The molecule has 88 valence electrons. The Morgan fingerprint density at radius 2 is 2.38 bits per heavy atom. The Kier molecular flexibility index (Phi) is 4.21. The number of benzene rings is 1. The van der Waals surface area contributed by atoms with E-state index in [4.69, 9.17) is 14.6 Å². The Morgan fingerprint density at radius 3 is 3.06 bits per heavy atom. The maximum atomic E-state index is 9.12. The summed E-state index contributed by atoms with van der Waals surface area (Å²) in [4.78, 5) is 0. The summed E-state index contributed by atoms with van der Waals surface area (Å²) in [6, 6.07) is 5.66. The highest BCUT2D eigenvalue weighted by Gasteiger charge is 2.16. The van der Waals surface area contributed by atoms with E-state index in [-0.39, 0.29) is 6.61 Å². The summed E-state index contributed by atoms with van der Waals surface area (Å²) in [6.07, 6.45) is 1.07. The first-order valence-corrected chi connectivity index (χ1v) is 6.18. The lowest BCUT2D eigenvalue weighted by atomic mass is 10.1. The van der Waals surface area contributed by atoms with Crippen LogP contribution in [0.25, 0.3) is 0 Å². The third kappa shape index (κ3) is 2.97. The van der Waals surface area contributed by atoms with Crippen molar-refractivity contribution in [3.8, 4) is 5.75 Å². The van der Waals surface area contributed by atoms with E-state index in [1.165, 1.54) is 0 Å². The lowest BCUT2D eigenvalue weighted by Crippen LogP contribution is -2.11. The van der Waals surface area contributed by atoms with E-state index < -0.39 is 0 Å². The largest absolute Gasteiger partial charge is 0.493 e. The maximum Gasteiger partial charge on any atom is 0.119 e. The Bertz CT molecular complexity index is 348. The standard InChI is InChI=1S/C12H15BrO3/c13-12-2-1-11(5-10(12)6-14)16-8-9-3-4-15-7-9/h1-2,5,9,14H,3-4,6-8H2. The second-order valence-corrected chi connectivity index (χ2v) is 4.81. The van der Waals surface area contributed by atoms with Crippen LogP contribution in [0.5, 0.6) is 5.75 Å². The normalized spacial score (nSPS) is 20.0. The maximum absolute atomic E-state index is 9.12. The minimum atomic E-state index is 0.0182. The predicted molar refractivity (Wildman–Crippen MR) is 64.5 cm³/mol. The van der Waals surface area contributed by atoms with Gasteiger partial charge in [0.25, 0.3) is 0 Å². The van der Waals surface area contributed by atoms with E-state index >= 15 is 0 Å². The van der Waals surface area contributed by atoms with Gasteiger partial charge in [0, 0.05) is 17.0 Å². The van der Waals surface area contributed by atoms with Crippen molar-refractivity contribution < 1.29 is 14.6 Å². The molecule has 1 aromatic carbocycles. The summed E-state index contributed by atoms with van der Waals surface area (Å²) in [7, 11) is 0. The van der Waals surface area contributed by atoms with Gasteiger partial charge in [-0.05, 0) is 30.2 Å². The van der Waals surface area contributed by atoms with Crippen molar-refractivity contribution in [2.24, 2.45) is 5.92 Å². The fraction of sp³-hybridized carbons (Fsp3) is 0.500. The van der Waals surface area contributed by atoms with Crippen LogP contribution in [0.1, 0.15) is 12.0 Å². The fourth-order valence-electron chi connectivity index (χ4n) is 1.69. The molecule has 4 heteroatoms. The molecule has 0 bridgehead atoms. The van der Waals surface area contributed by atoms with Crippen LogP contribution in [-0.2, 0) is 11.3 Å². The van der Waals surface area contributed by atoms with E-state index in [0.29, 0.717) is 12.5 Å². The Hall–Kier alpha value is -0.580. The van der Waals surface area contributed by atoms with E-state index in [2.05, 4.69) is 15.9 Å². The molecule has 1 aromatic rings. The SMILES string of the molecule is OCc1cc(OCC2CCOC2)ccc1Br. The van der Waals surface area contributed by atoms with Crippen LogP contribution >= 0.6 is 15.9 Å². The van der Waals surface area contributed by atoms with Gasteiger partial charge in [-0.2, -0.15) is 0 Å². The molecule has 1 heterocycles. The number of halogens is 1. The first-order valence-electron chi connectivity index (χ1n) is 5.39. The zero-order chi connectivity index (χ0) is 11.4. The minimum absolute atomic E-state index is 0.0182. The van der Waals surface area contributed by atoms with Crippen LogP contribution < -0.4 is 4.74 Å². The van der Waals surface area contributed by atoms with Crippen molar-refractivity contribution in [3.05, 3.63) is 28.2 Å². The monoisotopic (exact) mass is 286 g/mol. The molecule has 1 saturated heterocycles. The molecular weight excluding hydrogens is 272 g/mol. The second-order valence-electron chi connectivity index (χ2n) is 3.95. The first-order chi connectivity index (χ1) is 7.79. The van der Waals surface area contributed by atoms with Gasteiger partial charge in [-0.1, -0.05) is 15.9 Å². The lowest BCUT2D eigenvalue weighted by molar-refractivity contribution is 0.167. The van der Waals surface area contributed by atoms with Gasteiger partial charge in [0.1, 0.15) is 5.75 Å². The van der Waals surface area contributed by atoms with Crippen molar-refractivity contribution in [2.75, 3.05) is 19.8 Å². The number of hydrogen-bond acceptors (Lipinski definition) is 3. The highest BCUT2D eigenvalue weighted by molar-refractivity contribution is 9.10. The quantitative estimate of drug-likeness (QED) is 0.924. The number of hydrogen-bond donors (Lipinski definition) is 1. The smallest absolute Gasteiger partial charge is 0.119 e. The summed E-state index contributed by atoms with van der Waals surface area (Å²) >= 11 is 3.37. The number of ether oxygens (including phenoxy) is 2. The summed E-state index contributed by atoms with van der Waals surface area (Å²) in [5.41, 5.74) is 0.847. The zero-order valence-electron chi connectivity index (χ0n) is 8.99. The molecule has 1 aliphatic heterocycles. The first kappa shape index (κ1) is 11.9. The van der Waals surface area contributed by atoms with Crippen molar-refractivity contribution in [1.82, 2.24) is 0 Å². The van der Waals surface area contributed by atoms with Crippen molar-refractivity contribution >= 4 is 15.9 Å². The van der Waals surface area contributed by atoms with Gasteiger partial charge in [0.2, 0.25) is 0 Å². The van der Waals surface area contributed by atoms with Gasteiger partial charge < -0.3 is 14.6 Å². The molecule has 2 rings (SSSR count). The average molecular weight is 287 g/mol. The molecule has 3 nitrogen and oxygen atoms in total. The van der Waals surface area contributed by atoms with E-state index in [9.17, 15) is 0 Å². The molecule has 16 heavy (non-hydrogen) atoms. The summed E-state index contributed by atoms with van der Waals surface area (Å²) in [5.74, 6) is 1.31. The molecule has 1 atom stereocenters. The van der Waals surface area contributed by atoms with Crippen molar-refractivity contribution in [2.45, 2.75) is 13.0 Å². The second kappa shape index (κ2) is 5.66. The Balaban J connectivity index is 1.93. The number of aliphatic hydroxyl groups is 1. The highest BCUT2D eigenvalue weighted by atomic mass is 79.9. The summed E-state index contributed by atoms with van der Waals surface area (Å²) in [5, 5.41) is 9.12. The molecule has 1 fully saturated rings. The highest BCUT2D eigenvalue weighted by Crippen LogP contribution is 2.23. The van der Waals surface area contributed by atoms with Crippen LogP contribution in [0.2, 0.25) is 0 Å². The zero-order valence-corrected chi connectivity index (χ0v) is 10.6. The summed E-state index contributed by atoms with van der Waals surface area (Å²) < 4.78 is 11.9. The third-order valence-electron chi connectivity index (χ3n) is 2.70. The third-order valence-corrected chi connectivity index (χ3v) is 3.47. The van der Waals surface area contributed by atoms with Gasteiger partial charge in [0.15, 0.2) is 0 Å². The van der Waals surface area contributed by atoms with E-state index in [0.717, 1.165) is 35.4 Å². The van der Waals surface area contributed by atoms with E-state index in [1.54, 1.807) is 0 Å². The van der Waals surface area contributed by atoms with Crippen molar-refractivity contribution in [1.29, 1.82) is 0 Å². The Morgan fingerprint density at radius 1 is 1.50 bits per heavy atom. The molecule has 0 radical (unpaired) electrons. The molecule has 0 aromatic heterocycles. The van der Waals surface area contributed by atoms with E-state index in [1.807, 2.05) is 18.2 Å². The molecule has 1 aliphatic rings. The van der Waals surface area contributed by atoms with Gasteiger partial charge in [-0.15, -0.1) is 0 Å². The molecule has 1 unspecified atom stereocenters. The molecule has 0 spiro atoms. The van der Waals surface area contributed by atoms with Gasteiger partial charge >= 0.3 is 0 Å². The number of aliphatic hydroxyl groups excluding tert-OH is 1. The molecular formula is C12H15BrO3. The molecule has 0 amide bonds. The fourth-order valence-corrected chi connectivity index (χ4v) is 2.06. The minimum Gasteiger partial charge on any atom is -0.493 e. The molecule has 1 N–H and O–H groups in total. The van der Waals surface area contributed by atoms with Crippen LogP contribution in [0.4, 0.5) is 0 Å². The van der Waals surface area contributed by atoms with Gasteiger partial charge in [-0.3, -0.25) is 0 Å². The average Bonchev–Trinajstić information content (AvgIpc) is 2.81. The summed E-state index contributed by atoms with van der Waals surface area (Å²) in [6.45, 7) is 2.34.